The van der Waals surface area contributed by atoms with Crippen LogP contribution in [0.1, 0.15) is 71.1 Å². The van der Waals surface area contributed by atoms with Gasteiger partial charge >= 0.3 is 5.97 Å². The summed E-state index contributed by atoms with van der Waals surface area (Å²) in [6, 6.07) is 0. The first-order chi connectivity index (χ1) is 9.77. The lowest BCUT2D eigenvalue weighted by atomic mass is 10.2. The zero-order chi connectivity index (χ0) is 14.9. The van der Waals surface area contributed by atoms with E-state index in [1.807, 2.05) is 6.08 Å². The molecule has 0 saturated carbocycles. The maximum absolute atomic E-state index is 10.3. The Morgan fingerprint density at radius 2 is 1.35 bits per heavy atom. The fourth-order valence-electron chi connectivity index (χ4n) is 1.81. The molecule has 0 aliphatic heterocycles. The maximum atomic E-state index is 10.3. The number of hydrogen-bond donors (Lipinski definition) is 1. The van der Waals surface area contributed by atoms with Crippen LogP contribution in [-0.4, -0.2) is 11.1 Å². The Balaban J connectivity index is 3.29. The van der Waals surface area contributed by atoms with Crippen LogP contribution in [0.15, 0.2) is 36.5 Å². The minimum Gasteiger partial charge on any atom is -0.481 e. The Hall–Kier alpha value is -1.31. The molecule has 0 aromatic carbocycles. The van der Waals surface area contributed by atoms with Crippen LogP contribution in [0, 0.1) is 0 Å². The van der Waals surface area contributed by atoms with Crippen molar-refractivity contribution in [3.8, 4) is 0 Å². The molecule has 2 heteroatoms. The first-order valence-electron chi connectivity index (χ1n) is 7.94. The van der Waals surface area contributed by atoms with Crippen molar-refractivity contribution >= 4 is 5.97 Å². The van der Waals surface area contributed by atoms with Gasteiger partial charge in [-0.25, -0.2) is 0 Å². The highest BCUT2D eigenvalue weighted by Crippen LogP contribution is 2.02. The van der Waals surface area contributed by atoms with Gasteiger partial charge in [0.25, 0.3) is 0 Å². The summed E-state index contributed by atoms with van der Waals surface area (Å²) in [5.41, 5.74) is 0. The predicted octanol–water partition coefficient (Wildman–Crippen LogP) is 5.66. The second kappa shape index (κ2) is 15.7. The zero-order valence-electron chi connectivity index (χ0n) is 12.9. The van der Waals surface area contributed by atoms with Crippen molar-refractivity contribution in [2.75, 3.05) is 0 Å². The van der Waals surface area contributed by atoms with Gasteiger partial charge in [0.2, 0.25) is 0 Å². The van der Waals surface area contributed by atoms with Crippen molar-refractivity contribution in [3.63, 3.8) is 0 Å². The van der Waals surface area contributed by atoms with Crippen molar-refractivity contribution in [2.45, 2.75) is 71.1 Å². The van der Waals surface area contributed by atoms with Crippen LogP contribution in [0.2, 0.25) is 0 Å². The van der Waals surface area contributed by atoms with E-state index in [0.717, 1.165) is 25.7 Å². The summed E-state index contributed by atoms with van der Waals surface area (Å²) in [6.45, 7) is 2.23. The number of hydrogen-bond acceptors (Lipinski definition) is 1. The third kappa shape index (κ3) is 16.7. The second-order valence-corrected chi connectivity index (χ2v) is 5.01. The van der Waals surface area contributed by atoms with Crippen LogP contribution in [0.4, 0.5) is 0 Å². The van der Waals surface area contributed by atoms with Crippen molar-refractivity contribution in [2.24, 2.45) is 0 Å². The summed E-state index contributed by atoms with van der Waals surface area (Å²) in [5.74, 6) is -0.722. The van der Waals surface area contributed by atoms with Gasteiger partial charge in [0, 0.05) is 6.42 Å². The number of carboxylic acid groups (broad SMARTS) is 1. The highest BCUT2D eigenvalue weighted by molar-refractivity contribution is 5.66. The molecule has 2 nitrogen and oxygen atoms in total. The second-order valence-electron chi connectivity index (χ2n) is 5.01. The van der Waals surface area contributed by atoms with Gasteiger partial charge in [-0.3, -0.25) is 4.79 Å². The molecule has 0 bridgehead atoms. The standard InChI is InChI=1S/C18H30O2/c1-2-3-4-5-6-7-8-9-10-11-12-13-14-15-16-17-18(19)20/h6-7,9-10,14-15H,2-5,8,11-13,16-17H2,1H3,(H,19,20)/b7-6-,10-9-,15-14-. The Morgan fingerprint density at radius 3 is 1.95 bits per heavy atom. The molecule has 0 spiro atoms. The minimum absolute atomic E-state index is 0.237. The van der Waals surface area contributed by atoms with Crippen molar-refractivity contribution in [1.82, 2.24) is 0 Å². The van der Waals surface area contributed by atoms with E-state index >= 15 is 0 Å². The molecule has 1 N–H and O–H groups in total. The van der Waals surface area contributed by atoms with E-state index in [0.29, 0.717) is 6.42 Å². The molecule has 0 unspecified atom stereocenters. The number of carboxylic acids is 1. The SMILES string of the molecule is CCCCC/C=C\C/C=C\CCC/C=C\CCC(=O)O. The molecule has 114 valence electrons. The number of allylic oxidation sites excluding steroid dienone is 6. The molecule has 0 atom stereocenters. The molecule has 0 amide bonds. The Kier molecular flexibility index (Phi) is 14.7. The van der Waals surface area contributed by atoms with Crippen LogP contribution < -0.4 is 0 Å². The van der Waals surface area contributed by atoms with Gasteiger partial charge in [-0.15, -0.1) is 0 Å². The predicted molar refractivity (Wildman–Crippen MR) is 86.9 cm³/mol. The molecule has 0 fully saturated rings. The van der Waals surface area contributed by atoms with Gasteiger partial charge in [-0.2, -0.15) is 0 Å². The van der Waals surface area contributed by atoms with Crippen LogP contribution >= 0.6 is 0 Å². The van der Waals surface area contributed by atoms with E-state index in [1.54, 1.807) is 0 Å². The largest absolute Gasteiger partial charge is 0.481 e. The third-order valence-corrected chi connectivity index (χ3v) is 3.01. The first kappa shape index (κ1) is 18.7. The Bertz CT molecular complexity index is 301. The Morgan fingerprint density at radius 1 is 0.800 bits per heavy atom. The average Bonchev–Trinajstić information content (AvgIpc) is 2.43. The number of rotatable bonds is 13. The maximum Gasteiger partial charge on any atom is 0.303 e. The summed E-state index contributed by atoms with van der Waals surface area (Å²) < 4.78 is 0. The lowest BCUT2D eigenvalue weighted by molar-refractivity contribution is -0.136. The van der Waals surface area contributed by atoms with Gasteiger partial charge in [0.05, 0.1) is 0 Å². The number of aliphatic carboxylic acids is 1. The minimum atomic E-state index is -0.722. The van der Waals surface area contributed by atoms with Crippen molar-refractivity contribution in [1.29, 1.82) is 0 Å². The van der Waals surface area contributed by atoms with Gasteiger partial charge in [-0.05, 0) is 44.9 Å². The summed E-state index contributed by atoms with van der Waals surface area (Å²) in [4.78, 5) is 10.3. The molecule has 0 radical (unpaired) electrons. The van der Waals surface area contributed by atoms with Gasteiger partial charge in [-0.1, -0.05) is 56.2 Å². The number of unbranched alkanes of at least 4 members (excludes halogenated alkanes) is 5. The van der Waals surface area contributed by atoms with E-state index in [-0.39, 0.29) is 6.42 Å². The van der Waals surface area contributed by atoms with Gasteiger partial charge in [0.15, 0.2) is 0 Å². The molecular weight excluding hydrogens is 248 g/mol. The normalized spacial score (nSPS) is 12.1. The molecule has 0 aliphatic rings. The van der Waals surface area contributed by atoms with E-state index < -0.39 is 5.97 Å². The average molecular weight is 278 g/mol. The van der Waals surface area contributed by atoms with Gasteiger partial charge < -0.3 is 5.11 Å². The fourth-order valence-corrected chi connectivity index (χ4v) is 1.81. The summed E-state index contributed by atoms with van der Waals surface area (Å²) >= 11 is 0. The highest BCUT2D eigenvalue weighted by atomic mass is 16.4. The van der Waals surface area contributed by atoms with E-state index in [4.69, 9.17) is 5.11 Å². The van der Waals surface area contributed by atoms with E-state index in [9.17, 15) is 4.79 Å². The third-order valence-electron chi connectivity index (χ3n) is 3.01. The van der Waals surface area contributed by atoms with Crippen LogP contribution in [0.25, 0.3) is 0 Å². The molecule has 0 aromatic rings. The van der Waals surface area contributed by atoms with Crippen molar-refractivity contribution < 1.29 is 9.90 Å². The van der Waals surface area contributed by atoms with Gasteiger partial charge in [0.1, 0.15) is 0 Å². The highest BCUT2D eigenvalue weighted by Gasteiger charge is 1.91. The molecule has 0 aromatic heterocycles. The molecule has 0 aliphatic carbocycles. The first-order valence-corrected chi connectivity index (χ1v) is 7.94. The monoisotopic (exact) mass is 278 g/mol. The quantitative estimate of drug-likeness (QED) is 0.348. The van der Waals surface area contributed by atoms with E-state index in [1.165, 1.54) is 25.7 Å². The Labute approximate surface area is 124 Å². The molecule has 0 saturated heterocycles. The zero-order valence-corrected chi connectivity index (χ0v) is 12.9. The molecule has 0 heterocycles. The summed E-state index contributed by atoms with van der Waals surface area (Å²) in [6.07, 6.45) is 23.4. The fraction of sp³-hybridized carbons (Fsp3) is 0.611. The van der Waals surface area contributed by atoms with Crippen molar-refractivity contribution in [3.05, 3.63) is 36.5 Å². The van der Waals surface area contributed by atoms with Crippen LogP contribution in [0.3, 0.4) is 0 Å². The van der Waals surface area contributed by atoms with E-state index in [2.05, 4.69) is 37.3 Å². The molecule has 0 rings (SSSR count). The molecule has 20 heavy (non-hydrogen) atoms. The smallest absolute Gasteiger partial charge is 0.303 e. The lowest BCUT2D eigenvalue weighted by Gasteiger charge is -1.92. The summed E-state index contributed by atoms with van der Waals surface area (Å²) in [5, 5.41) is 8.47. The topological polar surface area (TPSA) is 37.3 Å². The summed E-state index contributed by atoms with van der Waals surface area (Å²) in [7, 11) is 0. The van der Waals surface area contributed by atoms with Crippen LogP contribution in [-0.2, 0) is 4.79 Å². The molecular formula is C18H30O2. The van der Waals surface area contributed by atoms with Crippen LogP contribution in [0.5, 0.6) is 0 Å². The lowest BCUT2D eigenvalue weighted by Crippen LogP contribution is -1.91. The number of carbonyl (C=O) groups is 1.